The van der Waals surface area contributed by atoms with Crippen LogP contribution in [0, 0.1) is 24.0 Å². The van der Waals surface area contributed by atoms with Gasteiger partial charge in [-0.1, -0.05) is 18.2 Å². The van der Waals surface area contributed by atoms with Crippen LogP contribution in [-0.2, 0) is 0 Å². The van der Waals surface area contributed by atoms with Crippen LogP contribution in [0.3, 0.4) is 0 Å². The van der Waals surface area contributed by atoms with E-state index in [4.69, 9.17) is 0 Å². The Hall–Kier alpha value is -3.02. The van der Waals surface area contributed by atoms with Crippen LogP contribution >= 0.6 is 0 Å². The molecule has 1 aliphatic heterocycles. The van der Waals surface area contributed by atoms with Crippen molar-refractivity contribution in [3.05, 3.63) is 68.8 Å². The molecule has 0 unspecified atom stereocenters. The van der Waals surface area contributed by atoms with Gasteiger partial charge in [-0.05, 0) is 37.1 Å². The van der Waals surface area contributed by atoms with Crippen LogP contribution in [0.25, 0.3) is 0 Å². The molecule has 0 spiro atoms. The Balaban J connectivity index is 2.24. The first-order valence-electron chi connectivity index (χ1n) is 6.65. The first kappa shape index (κ1) is 13.9. The fraction of sp³-hybridized carbons (Fsp3) is 0.125. The lowest BCUT2D eigenvalue weighted by atomic mass is 10.1. The second-order valence-corrected chi connectivity index (χ2v) is 5.20. The van der Waals surface area contributed by atoms with E-state index in [1.54, 1.807) is 44.2 Å². The molecule has 1 aliphatic rings. The molecule has 3 rings (SSSR count). The summed E-state index contributed by atoms with van der Waals surface area (Å²) in [5, 5.41) is 11.3. The van der Waals surface area contributed by atoms with Crippen molar-refractivity contribution in [2.75, 3.05) is 4.90 Å². The van der Waals surface area contributed by atoms with E-state index in [-0.39, 0.29) is 22.5 Å². The minimum absolute atomic E-state index is 0.0433. The number of nitrogens with zero attached hydrogens (tertiary/aromatic N) is 2. The maximum Gasteiger partial charge on any atom is 0.293 e. The van der Waals surface area contributed by atoms with Crippen molar-refractivity contribution in [1.29, 1.82) is 0 Å². The predicted molar refractivity (Wildman–Crippen MR) is 80.2 cm³/mol. The number of nitro benzene ring substituents is 1. The van der Waals surface area contributed by atoms with Crippen molar-refractivity contribution in [2.45, 2.75) is 13.8 Å². The molecule has 0 aliphatic carbocycles. The van der Waals surface area contributed by atoms with Crippen molar-refractivity contribution in [3.8, 4) is 0 Å². The lowest BCUT2D eigenvalue weighted by Gasteiger charge is -2.17. The Kier molecular flexibility index (Phi) is 3.02. The smallest absolute Gasteiger partial charge is 0.268 e. The van der Waals surface area contributed by atoms with E-state index >= 15 is 0 Å². The number of carbonyl (C=O) groups excluding carboxylic acids is 2. The summed E-state index contributed by atoms with van der Waals surface area (Å²) in [4.78, 5) is 36.7. The van der Waals surface area contributed by atoms with Gasteiger partial charge in [0.15, 0.2) is 0 Å². The molecule has 0 radical (unpaired) electrons. The number of amides is 2. The van der Waals surface area contributed by atoms with Gasteiger partial charge in [0.25, 0.3) is 17.5 Å². The van der Waals surface area contributed by atoms with E-state index in [1.165, 1.54) is 6.07 Å². The lowest BCUT2D eigenvalue weighted by Crippen LogP contribution is -2.30. The summed E-state index contributed by atoms with van der Waals surface area (Å²) in [5.74, 6) is -1.06. The number of hydrogen-bond acceptors (Lipinski definition) is 4. The zero-order valence-electron chi connectivity index (χ0n) is 12.0. The normalized spacial score (nSPS) is 13.5. The number of hydrogen-bond donors (Lipinski definition) is 0. The number of carbonyl (C=O) groups is 2. The van der Waals surface area contributed by atoms with Gasteiger partial charge >= 0.3 is 0 Å². The van der Waals surface area contributed by atoms with Crippen LogP contribution in [0.1, 0.15) is 31.8 Å². The minimum atomic E-state index is -0.571. The Morgan fingerprint density at radius 1 is 1.00 bits per heavy atom. The highest BCUT2D eigenvalue weighted by Crippen LogP contribution is 2.37. The maximum absolute atomic E-state index is 12.5. The van der Waals surface area contributed by atoms with Crippen LogP contribution in [0.5, 0.6) is 0 Å². The highest BCUT2D eigenvalue weighted by atomic mass is 16.6. The average molecular weight is 296 g/mol. The molecule has 110 valence electrons. The molecule has 0 aromatic heterocycles. The second kappa shape index (κ2) is 4.77. The molecule has 2 amide bonds. The van der Waals surface area contributed by atoms with Crippen molar-refractivity contribution in [2.24, 2.45) is 0 Å². The lowest BCUT2D eigenvalue weighted by molar-refractivity contribution is -0.384. The van der Waals surface area contributed by atoms with E-state index in [2.05, 4.69) is 0 Å². The van der Waals surface area contributed by atoms with E-state index in [1.807, 2.05) is 0 Å². The zero-order chi connectivity index (χ0) is 16.0. The number of anilines is 1. The van der Waals surface area contributed by atoms with Crippen molar-refractivity contribution in [1.82, 2.24) is 0 Å². The van der Waals surface area contributed by atoms with E-state index in [9.17, 15) is 19.7 Å². The van der Waals surface area contributed by atoms with Crippen LogP contribution in [-0.4, -0.2) is 16.7 Å². The summed E-state index contributed by atoms with van der Waals surface area (Å²) in [6, 6.07) is 9.49. The van der Waals surface area contributed by atoms with Crippen LogP contribution in [0.15, 0.2) is 36.4 Å². The molecule has 0 fully saturated rings. The van der Waals surface area contributed by atoms with Crippen LogP contribution < -0.4 is 4.90 Å². The second-order valence-electron chi connectivity index (χ2n) is 5.20. The summed E-state index contributed by atoms with van der Waals surface area (Å²) in [6.45, 7) is 3.38. The summed E-state index contributed by atoms with van der Waals surface area (Å²) in [7, 11) is 0. The van der Waals surface area contributed by atoms with Gasteiger partial charge < -0.3 is 0 Å². The summed E-state index contributed by atoms with van der Waals surface area (Å²) in [5.41, 5.74) is 1.54. The molecule has 6 heteroatoms. The number of benzene rings is 2. The van der Waals surface area contributed by atoms with Gasteiger partial charge in [-0.25, -0.2) is 4.90 Å². The van der Waals surface area contributed by atoms with E-state index in [0.29, 0.717) is 11.1 Å². The van der Waals surface area contributed by atoms with Gasteiger partial charge in [0.1, 0.15) is 5.69 Å². The third-order valence-corrected chi connectivity index (χ3v) is 3.64. The topological polar surface area (TPSA) is 80.5 Å². The molecule has 0 atom stereocenters. The summed E-state index contributed by atoms with van der Waals surface area (Å²) < 4.78 is 0. The molecule has 1 heterocycles. The number of imide groups is 1. The maximum atomic E-state index is 12.5. The number of nitro groups is 1. The monoisotopic (exact) mass is 296 g/mol. The zero-order valence-corrected chi connectivity index (χ0v) is 12.0. The molecule has 0 bridgehead atoms. The van der Waals surface area contributed by atoms with Gasteiger partial charge in [-0.15, -0.1) is 0 Å². The fourth-order valence-electron chi connectivity index (χ4n) is 2.76. The number of aryl methyl sites for hydroxylation is 2. The number of fused-ring (bicyclic) bond motifs is 1. The van der Waals surface area contributed by atoms with Gasteiger partial charge in [0, 0.05) is 6.07 Å². The third kappa shape index (κ3) is 1.88. The van der Waals surface area contributed by atoms with Crippen molar-refractivity contribution >= 4 is 23.2 Å². The Bertz CT molecular complexity index is 807. The highest BCUT2D eigenvalue weighted by molar-refractivity contribution is 6.35. The molecule has 0 saturated carbocycles. The SMILES string of the molecule is Cc1cc(C)c(N2C(=O)c3ccccc3C2=O)c([N+](=O)[O-])c1. The van der Waals surface area contributed by atoms with Crippen LogP contribution in [0.2, 0.25) is 0 Å². The molecular formula is C16H12N2O4. The van der Waals surface area contributed by atoms with Gasteiger partial charge in [-0.3, -0.25) is 19.7 Å². The first-order chi connectivity index (χ1) is 10.4. The molecule has 6 nitrogen and oxygen atoms in total. The van der Waals surface area contributed by atoms with E-state index in [0.717, 1.165) is 4.90 Å². The first-order valence-corrected chi connectivity index (χ1v) is 6.65. The fourth-order valence-corrected chi connectivity index (χ4v) is 2.76. The van der Waals surface area contributed by atoms with Crippen LogP contribution in [0.4, 0.5) is 11.4 Å². The van der Waals surface area contributed by atoms with Crippen molar-refractivity contribution in [3.63, 3.8) is 0 Å². The van der Waals surface area contributed by atoms with Crippen molar-refractivity contribution < 1.29 is 14.5 Å². The van der Waals surface area contributed by atoms with E-state index < -0.39 is 16.7 Å². The quantitative estimate of drug-likeness (QED) is 0.484. The predicted octanol–water partition coefficient (Wildman–Crippen LogP) is 3.01. The summed E-state index contributed by atoms with van der Waals surface area (Å²) >= 11 is 0. The molecule has 2 aromatic carbocycles. The minimum Gasteiger partial charge on any atom is -0.268 e. The Morgan fingerprint density at radius 3 is 2.05 bits per heavy atom. The largest absolute Gasteiger partial charge is 0.293 e. The Labute approximate surface area is 126 Å². The Morgan fingerprint density at radius 2 is 1.55 bits per heavy atom. The van der Waals surface area contributed by atoms with Gasteiger partial charge in [-0.2, -0.15) is 0 Å². The molecule has 0 saturated heterocycles. The number of rotatable bonds is 2. The average Bonchev–Trinajstić information content (AvgIpc) is 2.71. The standard InChI is InChI=1S/C16H12N2O4/c1-9-7-10(2)14(13(8-9)18(21)22)17-15(19)11-5-3-4-6-12(11)16(17)20/h3-8H,1-2H3. The van der Waals surface area contributed by atoms with Gasteiger partial charge in [0.2, 0.25) is 0 Å². The third-order valence-electron chi connectivity index (χ3n) is 3.64. The molecular weight excluding hydrogens is 284 g/mol. The molecule has 22 heavy (non-hydrogen) atoms. The van der Waals surface area contributed by atoms with Gasteiger partial charge in [0.05, 0.1) is 16.1 Å². The highest BCUT2D eigenvalue weighted by Gasteiger charge is 2.40. The molecule has 2 aromatic rings. The molecule has 0 N–H and O–H groups in total. The summed E-state index contributed by atoms with van der Waals surface area (Å²) in [6.07, 6.45) is 0.